The zero-order valence-electron chi connectivity index (χ0n) is 20.2. The van der Waals surface area contributed by atoms with Gasteiger partial charge in [0.1, 0.15) is 11.6 Å². The van der Waals surface area contributed by atoms with Gasteiger partial charge in [0, 0.05) is 39.1 Å². The SMILES string of the molecule is CN1CC=CN=C1CN1CCC(n2c(=O)n(-c3ccc(-c4ccc(O)cc4)cc3)c3cccnc32)C1. The Balaban J connectivity index is 1.32. The number of imidazole rings is 1. The number of amidine groups is 1. The van der Waals surface area contributed by atoms with E-state index in [9.17, 15) is 9.90 Å². The molecule has 1 N–H and O–H groups in total. The van der Waals surface area contributed by atoms with Crippen molar-refractivity contribution in [3.05, 3.63) is 89.6 Å². The lowest BCUT2D eigenvalue weighted by atomic mass is 10.1. The molecule has 0 radical (unpaired) electrons. The maximum atomic E-state index is 13.8. The van der Waals surface area contributed by atoms with Crippen LogP contribution in [0.5, 0.6) is 5.75 Å². The molecule has 2 aliphatic heterocycles. The van der Waals surface area contributed by atoms with E-state index in [1.165, 1.54) is 0 Å². The van der Waals surface area contributed by atoms with Gasteiger partial charge in [-0.2, -0.15) is 0 Å². The van der Waals surface area contributed by atoms with Crippen LogP contribution in [0.4, 0.5) is 0 Å². The Morgan fingerprint density at radius 1 is 1.03 bits per heavy atom. The molecule has 0 saturated carbocycles. The molecule has 6 rings (SSSR count). The maximum Gasteiger partial charge on any atom is 0.335 e. The number of aliphatic imine (C=N–C) groups is 1. The molecule has 1 unspecified atom stereocenters. The number of fused-ring (bicyclic) bond motifs is 1. The molecule has 8 nitrogen and oxygen atoms in total. The summed E-state index contributed by atoms with van der Waals surface area (Å²) in [4.78, 5) is 27.5. The van der Waals surface area contributed by atoms with E-state index in [1.807, 2.05) is 65.4 Å². The number of pyridine rings is 1. The monoisotopic (exact) mass is 480 g/mol. The first kappa shape index (κ1) is 22.3. The highest BCUT2D eigenvalue weighted by Gasteiger charge is 2.30. The molecule has 8 heteroatoms. The molecule has 1 atom stereocenters. The number of hydrogen-bond donors (Lipinski definition) is 1. The molecule has 4 aromatic rings. The minimum Gasteiger partial charge on any atom is -0.508 e. The number of likely N-dealkylation sites (tertiary alicyclic amines) is 1. The lowest BCUT2D eigenvalue weighted by molar-refractivity contribution is 0.351. The van der Waals surface area contributed by atoms with Crippen LogP contribution in [0.15, 0.2) is 88.9 Å². The molecule has 36 heavy (non-hydrogen) atoms. The number of nitrogens with zero attached hydrogens (tertiary/aromatic N) is 6. The Morgan fingerprint density at radius 3 is 2.53 bits per heavy atom. The lowest BCUT2D eigenvalue weighted by Gasteiger charge is -2.25. The van der Waals surface area contributed by atoms with Gasteiger partial charge in [-0.15, -0.1) is 0 Å². The second-order valence-corrected chi connectivity index (χ2v) is 9.42. The third-order valence-corrected chi connectivity index (χ3v) is 7.09. The van der Waals surface area contributed by atoms with Crippen molar-refractivity contribution in [2.75, 3.05) is 33.2 Å². The average molecular weight is 481 g/mol. The fourth-order valence-corrected chi connectivity index (χ4v) is 5.16. The van der Waals surface area contributed by atoms with Crippen LogP contribution in [-0.2, 0) is 0 Å². The second kappa shape index (κ2) is 9.13. The number of hydrogen-bond acceptors (Lipinski definition) is 6. The van der Waals surface area contributed by atoms with Crippen LogP contribution >= 0.6 is 0 Å². The first-order valence-electron chi connectivity index (χ1n) is 12.2. The van der Waals surface area contributed by atoms with Crippen molar-refractivity contribution in [2.24, 2.45) is 4.99 Å². The van der Waals surface area contributed by atoms with Crippen LogP contribution in [0.1, 0.15) is 12.5 Å². The fraction of sp³-hybridized carbons (Fsp3) is 0.250. The Bertz CT molecular complexity index is 1510. The van der Waals surface area contributed by atoms with E-state index < -0.39 is 0 Å². The molecule has 0 aliphatic carbocycles. The highest BCUT2D eigenvalue weighted by molar-refractivity contribution is 5.85. The summed E-state index contributed by atoms with van der Waals surface area (Å²) in [7, 11) is 2.06. The zero-order valence-corrected chi connectivity index (χ0v) is 20.2. The molecule has 2 aromatic heterocycles. The number of aromatic hydroxyl groups is 1. The molecular weight excluding hydrogens is 452 g/mol. The van der Waals surface area contributed by atoms with Gasteiger partial charge in [0.25, 0.3) is 0 Å². The lowest BCUT2D eigenvalue weighted by Crippen LogP contribution is -2.39. The van der Waals surface area contributed by atoms with Crippen LogP contribution < -0.4 is 5.69 Å². The van der Waals surface area contributed by atoms with Gasteiger partial charge in [-0.25, -0.2) is 14.8 Å². The van der Waals surface area contributed by atoms with Gasteiger partial charge in [0.2, 0.25) is 0 Å². The first-order chi connectivity index (χ1) is 17.6. The number of rotatable bonds is 5. The number of likely N-dealkylation sites (N-methyl/N-ethyl adjacent to an activating group) is 1. The number of benzene rings is 2. The van der Waals surface area contributed by atoms with Gasteiger partial charge in [0.05, 0.1) is 23.8 Å². The highest BCUT2D eigenvalue weighted by atomic mass is 16.3. The largest absolute Gasteiger partial charge is 0.508 e. The van der Waals surface area contributed by atoms with Crippen molar-refractivity contribution >= 4 is 17.0 Å². The number of aromatic nitrogens is 3. The molecule has 1 fully saturated rings. The number of phenolic OH excluding ortho intramolecular Hbond substituents is 1. The van der Waals surface area contributed by atoms with Gasteiger partial charge < -0.3 is 10.0 Å². The Morgan fingerprint density at radius 2 is 1.78 bits per heavy atom. The topological polar surface area (TPSA) is 78.9 Å². The molecule has 1 saturated heterocycles. The molecule has 0 spiro atoms. The number of phenols is 1. The predicted octanol–water partition coefficient (Wildman–Crippen LogP) is 3.66. The van der Waals surface area contributed by atoms with Crippen molar-refractivity contribution in [1.82, 2.24) is 23.9 Å². The average Bonchev–Trinajstić information content (AvgIpc) is 3.47. The molecule has 0 bridgehead atoms. The Labute approximate surface area is 209 Å². The van der Waals surface area contributed by atoms with Crippen LogP contribution in [-0.4, -0.2) is 68.1 Å². The van der Waals surface area contributed by atoms with E-state index in [1.54, 1.807) is 22.9 Å². The summed E-state index contributed by atoms with van der Waals surface area (Å²) in [5.74, 6) is 1.29. The van der Waals surface area contributed by atoms with E-state index in [0.29, 0.717) is 5.65 Å². The summed E-state index contributed by atoms with van der Waals surface area (Å²) in [5, 5.41) is 9.57. The van der Waals surface area contributed by atoms with Gasteiger partial charge >= 0.3 is 5.69 Å². The summed E-state index contributed by atoms with van der Waals surface area (Å²) >= 11 is 0. The Kier molecular flexibility index (Phi) is 5.65. The van der Waals surface area contributed by atoms with Crippen molar-refractivity contribution in [3.8, 4) is 22.6 Å². The summed E-state index contributed by atoms with van der Waals surface area (Å²) in [6, 6.07) is 18.9. The minimum absolute atomic E-state index is 0.0532. The first-order valence-corrected chi connectivity index (χ1v) is 12.2. The van der Waals surface area contributed by atoms with Gasteiger partial charge in [-0.1, -0.05) is 24.3 Å². The van der Waals surface area contributed by atoms with E-state index in [2.05, 4.69) is 26.8 Å². The van der Waals surface area contributed by atoms with Crippen molar-refractivity contribution in [3.63, 3.8) is 0 Å². The van der Waals surface area contributed by atoms with Gasteiger partial charge in [0.15, 0.2) is 5.65 Å². The van der Waals surface area contributed by atoms with Crippen LogP contribution in [0.25, 0.3) is 28.0 Å². The predicted molar refractivity (Wildman–Crippen MR) is 142 cm³/mol. The third kappa shape index (κ3) is 3.99. The van der Waals surface area contributed by atoms with Crippen molar-refractivity contribution in [2.45, 2.75) is 12.5 Å². The van der Waals surface area contributed by atoms with Crippen molar-refractivity contribution in [1.29, 1.82) is 0 Å². The normalized spacial score (nSPS) is 18.2. The molecule has 4 heterocycles. The van der Waals surface area contributed by atoms with Crippen LogP contribution in [0.3, 0.4) is 0 Å². The third-order valence-electron chi connectivity index (χ3n) is 7.09. The van der Waals surface area contributed by atoms with E-state index in [4.69, 9.17) is 0 Å². The van der Waals surface area contributed by atoms with E-state index in [0.717, 1.165) is 60.8 Å². The summed E-state index contributed by atoms with van der Waals surface area (Å²) in [6.45, 7) is 3.34. The molecule has 182 valence electrons. The second-order valence-electron chi connectivity index (χ2n) is 9.42. The summed E-state index contributed by atoms with van der Waals surface area (Å²) in [6.07, 6.45) is 6.56. The quantitative estimate of drug-likeness (QED) is 0.472. The smallest absolute Gasteiger partial charge is 0.335 e. The fourth-order valence-electron chi connectivity index (χ4n) is 5.16. The molecule has 0 amide bonds. The Hall–Kier alpha value is -4.17. The molecule has 2 aromatic carbocycles. The van der Waals surface area contributed by atoms with Gasteiger partial charge in [-0.05, 0) is 60.0 Å². The highest BCUT2D eigenvalue weighted by Crippen LogP contribution is 2.27. The van der Waals surface area contributed by atoms with Gasteiger partial charge in [-0.3, -0.25) is 14.0 Å². The van der Waals surface area contributed by atoms with E-state index in [-0.39, 0.29) is 17.5 Å². The maximum absolute atomic E-state index is 13.8. The van der Waals surface area contributed by atoms with Crippen molar-refractivity contribution < 1.29 is 5.11 Å². The summed E-state index contributed by atoms with van der Waals surface area (Å²) < 4.78 is 3.63. The standard InChI is InChI=1S/C28H28N6O2/c1-31-16-3-15-29-26(31)19-32-17-13-23(18-32)34-27-25(4-2-14-30-27)33(28(34)36)22-9-5-20(6-10-22)21-7-11-24(35)12-8-21/h2-12,14-15,23,35H,13,16-19H2,1H3. The van der Waals surface area contributed by atoms with Crippen LogP contribution in [0.2, 0.25) is 0 Å². The molecular formula is C28H28N6O2. The zero-order chi connectivity index (χ0) is 24.6. The van der Waals surface area contributed by atoms with Crippen LogP contribution in [0, 0.1) is 0 Å². The minimum atomic E-state index is -0.0667. The van der Waals surface area contributed by atoms with E-state index >= 15 is 0 Å². The summed E-state index contributed by atoms with van der Waals surface area (Å²) in [5.41, 5.74) is 4.28. The molecule has 2 aliphatic rings.